The first kappa shape index (κ1) is 46.1. The lowest BCUT2D eigenvalue weighted by atomic mass is 10.0. The van der Waals surface area contributed by atoms with E-state index in [1.54, 1.807) is 25.4 Å². The van der Waals surface area contributed by atoms with Gasteiger partial charge in [0, 0.05) is 44.7 Å². The Bertz CT molecular complexity index is 2390. The van der Waals surface area contributed by atoms with Gasteiger partial charge in [0.25, 0.3) is 23.3 Å². The van der Waals surface area contributed by atoms with Crippen LogP contribution in [0.25, 0.3) is 10.9 Å². The van der Waals surface area contributed by atoms with Crippen molar-refractivity contribution in [3.63, 3.8) is 0 Å². The Kier molecular flexibility index (Phi) is 15.6. The Morgan fingerprint density at radius 3 is 2.30 bits per heavy atom. The molecule has 4 N–H and O–H groups in total. The molecule has 2 aromatic heterocycles. The van der Waals surface area contributed by atoms with Gasteiger partial charge >= 0.3 is 0 Å². The Morgan fingerprint density at radius 2 is 1.58 bits per heavy atom. The van der Waals surface area contributed by atoms with Gasteiger partial charge in [-0.2, -0.15) is 4.98 Å². The molecule has 342 valence electrons. The van der Waals surface area contributed by atoms with Crippen LogP contribution in [0, 0.1) is 0 Å². The van der Waals surface area contributed by atoms with Crippen molar-refractivity contribution in [3.05, 3.63) is 75.2 Å². The quantitative estimate of drug-likeness (QED) is 0.0693. The summed E-state index contributed by atoms with van der Waals surface area (Å²) in [5.41, 5.74) is 1.43. The molecule has 2 saturated heterocycles. The number of anilines is 3. The van der Waals surface area contributed by atoms with E-state index in [0.717, 1.165) is 23.1 Å². The molecule has 0 saturated carbocycles. The second kappa shape index (κ2) is 21.7. The van der Waals surface area contributed by atoms with Crippen LogP contribution < -0.4 is 35.9 Å². The number of aryl methyl sites for hydroxylation is 1. The standard InChI is InChI=1S/C43H51ClN8O12/c1-45-37(54)25-64-35-22-26-21-27(3-6-33(26)50(2)42(35)58)47-38-32(44)24-46-43(49-38)51-11-9-28(10-12-51)62-19-17-60-15-13-59-14-16-61-18-20-63-29-4-5-30-31(23-29)41(57)52(40(30)56)34-7-8-36(53)48-39(34)55/h3-6,21-24,28,34,39,55H,7-20,25H2,1-2H3,(H,45,54)(H,48,53)(H,46,47,49). The number of fused-ring (bicyclic) bond motifs is 2. The number of benzene rings is 2. The molecule has 64 heavy (non-hydrogen) atoms. The summed E-state index contributed by atoms with van der Waals surface area (Å²) in [4.78, 5) is 74.2. The minimum Gasteiger partial charge on any atom is -0.491 e. The number of likely N-dealkylation sites (N-methyl/N-ethyl adjacent to an activating group) is 1. The number of nitrogens with zero attached hydrogens (tertiary/aromatic N) is 5. The first-order chi connectivity index (χ1) is 31.0. The van der Waals surface area contributed by atoms with Gasteiger partial charge < -0.3 is 58.9 Å². The van der Waals surface area contributed by atoms with Crippen molar-refractivity contribution in [1.29, 1.82) is 0 Å². The summed E-state index contributed by atoms with van der Waals surface area (Å²) in [6.07, 6.45) is 2.21. The molecule has 2 aromatic carbocycles. The van der Waals surface area contributed by atoms with E-state index in [2.05, 4.69) is 25.8 Å². The van der Waals surface area contributed by atoms with Crippen molar-refractivity contribution in [2.75, 3.05) is 89.8 Å². The van der Waals surface area contributed by atoms with E-state index in [1.807, 2.05) is 18.2 Å². The summed E-state index contributed by atoms with van der Waals surface area (Å²) in [5, 5.41) is 19.4. The molecule has 7 rings (SSSR count). The van der Waals surface area contributed by atoms with Crippen molar-refractivity contribution in [2.45, 2.75) is 44.1 Å². The maximum absolute atomic E-state index is 13.0. The predicted molar refractivity (Wildman–Crippen MR) is 232 cm³/mol. The maximum Gasteiger partial charge on any atom is 0.293 e. The second-order valence-electron chi connectivity index (χ2n) is 15.1. The number of piperidine rings is 2. The Hall–Kier alpha value is -5.90. The molecule has 0 radical (unpaired) electrons. The normalized spacial score (nSPS) is 17.7. The van der Waals surface area contributed by atoms with Crippen LogP contribution >= 0.6 is 11.6 Å². The lowest BCUT2D eigenvalue weighted by Gasteiger charge is -2.33. The van der Waals surface area contributed by atoms with Gasteiger partial charge in [-0.25, -0.2) is 4.98 Å². The second-order valence-corrected chi connectivity index (χ2v) is 15.6. The van der Waals surface area contributed by atoms with E-state index < -0.39 is 24.1 Å². The fourth-order valence-corrected chi connectivity index (χ4v) is 7.65. The SMILES string of the molecule is CNC(=O)COc1cc2cc(Nc3nc(N4CCC(OCCOCCOCCOCCOc5ccc6c(c5)C(=O)N(C5CCC(=O)NC5O)C6=O)CC4)ncc3Cl)ccc2n(C)c1=O. The molecule has 0 bridgehead atoms. The van der Waals surface area contributed by atoms with Gasteiger partial charge in [-0.1, -0.05) is 11.6 Å². The number of pyridine rings is 1. The molecular weight excluding hydrogens is 856 g/mol. The summed E-state index contributed by atoms with van der Waals surface area (Å²) in [5.74, 6) is -0.283. The highest BCUT2D eigenvalue weighted by Crippen LogP contribution is 2.32. The Balaban J connectivity index is 0.736. The number of carbonyl (C=O) groups excluding carboxylic acids is 4. The third-order valence-corrected chi connectivity index (χ3v) is 11.2. The first-order valence-corrected chi connectivity index (χ1v) is 21.4. The molecule has 3 aliphatic rings. The van der Waals surface area contributed by atoms with Gasteiger partial charge in [-0.3, -0.25) is 28.9 Å². The number of aliphatic hydroxyl groups is 1. The summed E-state index contributed by atoms with van der Waals surface area (Å²) < 4.78 is 35.6. The number of halogens is 1. The number of aliphatic hydroxyl groups excluding tert-OH is 1. The number of imide groups is 1. The van der Waals surface area contributed by atoms with Crippen molar-refractivity contribution >= 4 is 63.6 Å². The Labute approximate surface area is 373 Å². The van der Waals surface area contributed by atoms with Crippen molar-refractivity contribution < 1.29 is 52.7 Å². The van der Waals surface area contributed by atoms with Gasteiger partial charge in [0.05, 0.1) is 81.2 Å². The highest BCUT2D eigenvalue weighted by Gasteiger charge is 2.44. The van der Waals surface area contributed by atoms with Gasteiger partial charge in [-0.05, 0) is 61.7 Å². The van der Waals surface area contributed by atoms with E-state index in [0.29, 0.717) is 86.5 Å². The molecule has 4 aromatic rings. The number of amides is 4. The number of ether oxygens (including phenoxy) is 6. The van der Waals surface area contributed by atoms with E-state index in [9.17, 15) is 29.1 Å². The number of aromatic nitrogens is 3. The smallest absolute Gasteiger partial charge is 0.293 e. The molecule has 20 nitrogen and oxygen atoms in total. The van der Waals surface area contributed by atoms with Gasteiger partial charge in [-0.15, -0.1) is 0 Å². The minimum atomic E-state index is -1.31. The molecule has 5 heterocycles. The van der Waals surface area contributed by atoms with Crippen LogP contribution in [-0.4, -0.2) is 146 Å². The third kappa shape index (κ3) is 11.2. The van der Waals surface area contributed by atoms with Crippen LogP contribution in [0.4, 0.5) is 17.5 Å². The van der Waals surface area contributed by atoms with Crippen LogP contribution in [-0.2, 0) is 35.6 Å². The lowest BCUT2D eigenvalue weighted by molar-refractivity contribution is -0.129. The number of nitrogens with one attached hydrogen (secondary N) is 3. The fourth-order valence-electron chi connectivity index (χ4n) is 7.51. The fraction of sp³-hybridized carbons (Fsp3) is 0.465. The number of hydrogen-bond acceptors (Lipinski definition) is 16. The van der Waals surface area contributed by atoms with Gasteiger partial charge in [0.15, 0.2) is 18.2 Å². The molecule has 0 aliphatic carbocycles. The number of hydrogen-bond donors (Lipinski definition) is 4. The average Bonchev–Trinajstić information content (AvgIpc) is 3.54. The zero-order chi connectivity index (χ0) is 45.2. The Morgan fingerprint density at radius 1 is 0.875 bits per heavy atom. The van der Waals surface area contributed by atoms with Crippen LogP contribution in [0.5, 0.6) is 11.5 Å². The van der Waals surface area contributed by atoms with Crippen molar-refractivity contribution in [3.8, 4) is 11.5 Å². The molecule has 0 spiro atoms. The van der Waals surface area contributed by atoms with E-state index in [1.165, 1.54) is 23.7 Å². The molecule has 4 amide bonds. The van der Waals surface area contributed by atoms with E-state index in [-0.39, 0.29) is 73.0 Å². The molecular formula is C43H51ClN8O12. The molecule has 21 heteroatoms. The zero-order valence-electron chi connectivity index (χ0n) is 35.5. The van der Waals surface area contributed by atoms with Gasteiger partial charge in [0.2, 0.25) is 11.9 Å². The van der Waals surface area contributed by atoms with Gasteiger partial charge in [0.1, 0.15) is 23.6 Å². The lowest BCUT2D eigenvalue weighted by Crippen LogP contribution is -2.57. The molecule has 2 atom stereocenters. The van der Waals surface area contributed by atoms with Crippen LogP contribution in [0.2, 0.25) is 5.02 Å². The molecule has 3 aliphatic heterocycles. The first-order valence-electron chi connectivity index (χ1n) is 21.0. The molecule has 2 unspecified atom stereocenters. The predicted octanol–water partition coefficient (Wildman–Crippen LogP) is 2.16. The summed E-state index contributed by atoms with van der Waals surface area (Å²) in [6, 6.07) is 10.9. The number of rotatable bonds is 21. The average molecular weight is 907 g/mol. The zero-order valence-corrected chi connectivity index (χ0v) is 36.3. The van der Waals surface area contributed by atoms with Crippen molar-refractivity contribution in [1.82, 2.24) is 30.1 Å². The highest BCUT2D eigenvalue weighted by atomic mass is 35.5. The minimum absolute atomic E-state index is 0.0630. The topological polar surface area (TPSA) is 234 Å². The van der Waals surface area contributed by atoms with Crippen molar-refractivity contribution in [2.24, 2.45) is 7.05 Å². The summed E-state index contributed by atoms with van der Waals surface area (Å²) >= 11 is 6.50. The maximum atomic E-state index is 13.0. The van der Waals surface area contributed by atoms with Crippen LogP contribution in [0.1, 0.15) is 46.4 Å². The molecule has 2 fully saturated rings. The number of carbonyl (C=O) groups is 4. The van der Waals surface area contributed by atoms with E-state index in [4.69, 9.17) is 45.0 Å². The monoisotopic (exact) mass is 906 g/mol. The van der Waals surface area contributed by atoms with E-state index >= 15 is 0 Å². The summed E-state index contributed by atoms with van der Waals surface area (Å²) in [7, 11) is 3.14. The highest BCUT2D eigenvalue weighted by molar-refractivity contribution is 6.33. The van der Waals surface area contributed by atoms with Crippen LogP contribution in [0.3, 0.4) is 0 Å². The van der Waals surface area contributed by atoms with Crippen LogP contribution in [0.15, 0.2) is 53.5 Å². The summed E-state index contributed by atoms with van der Waals surface area (Å²) in [6.45, 7) is 4.05. The largest absolute Gasteiger partial charge is 0.491 e. The third-order valence-electron chi connectivity index (χ3n) is 10.9.